The Labute approximate surface area is 138 Å². The van der Waals surface area contributed by atoms with Crippen molar-refractivity contribution in [1.82, 2.24) is 4.90 Å². The van der Waals surface area contributed by atoms with Gasteiger partial charge in [-0.2, -0.15) is 0 Å². The minimum absolute atomic E-state index is 0.0884. The van der Waals surface area contributed by atoms with Crippen LogP contribution in [-0.4, -0.2) is 54.8 Å². The van der Waals surface area contributed by atoms with E-state index in [0.717, 1.165) is 36.4 Å². The summed E-state index contributed by atoms with van der Waals surface area (Å²) in [5.74, 6) is 0.918. The van der Waals surface area contributed by atoms with Crippen molar-refractivity contribution in [1.29, 1.82) is 0 Å². The fourth-order valence-electron chi connectivity index (χ4n) is 3.02. The maximum atomic E-state index is 12.8. The predicted octanol–water partition coefficient (Wildman–Crippen LogP) is 2.07. The minimum atomic E-state index is -0.442. The summed E-state index contributed by atoms with van der Waals surface area (Å²) in [4.78, 5) is 16.7. The summed E-state index contributed by atoms with van der Waals surface area (Å²) < 4.78 is 5.28. The monoisotopic (exact) mass is 320 g/mol. The highest BCUT2D eigenvalue weighted by Gasteiger charge is 2.25. The molecule has 0 saturated heterocycles. The highest BCUT2D eigenvalue weighted by molar-refractivity contribution is 5.96. The summed E-state index contributed by atoms with van der Waals surface area (Å²) in [6.07, 6.45) is 1.49. The smallest absolute Gasteiger partial charge is 0.241 e. The van der Waals surface area contributed by atoms with Crippen LogP contribution in [0.4, 0.5) is 5.69 Å². The van der Waals surface area contributed by atoms with Crippen LogP contribution in [0.25, 0.3) is 0 Å². The molecule has 0 radical (unpaired) electrons. The van der Waals surface area contributed by atoms with E-state index in [2.05, 4.69) is 0 Å². The van der Waals surface area contributed by atoms with Gasteiger partial charge in [-0.1, -0.05) is 0 Å². The molecule has 1 aromatic rings. The number of methoxy groups -OCH3 is 1. The first-order chi connectivity index (χ1) is 10.9. The van der Waals surface area contributed by atoms with Crippen LogP contribution in [0.2, 0.25) is 0 Å². The maximum absolute atomic E-state index is 12.8. The van der Waals surface area contributed by atoms with Crippen LogP contribution >= 0.6 is 0 Å². The van der Waals surface area contributed by atoms with E-state index in [9.17, 15) is 9.90 Å². The van der Waals surface area contributed by atoms with Gasteiger partial charge in [0.2, 0.25) is 5.91 Å². The van der Waals surface area contributed by atoms with Crippen molar-refractivity contribution in [3.05, 3.63) is 23.8 Å². The molecule has 1 heterocycles. The molecule has 1 amide bonds. The molecule has 0 saturated carbocycles. The number of nitrogens with zero attached hydrogens (tertiary/aromatic N) is 2. The first-order valence-corrected chi connectivity index (χ1v) is 8.31. The Morgan fingerprint density at radius 2 is 2.13 bits per heavy atom. The second-order valence-electron chi connectivity index (χ2n) is 6.52. The molecule has 5 heteroatoms. The molecule has 1 N–H and O–H groups in total. The molecule has 0 fully saturated rings. The number of hydrogen-bond acceptors (Lipinski definition) is 4. The van der Waals surface area contributed by atoms with Crippen LogP contribution in [0.1, 0.15) is 32.8 Å². The van der Waals surface area contributed by atoms with Gasteiger partial charge in [0.05, 0.1) is 19.8 Å². The molecule has 1 unspecified atom stereocenters. The van der Waals surface area contributed by atoms with Gasteiger partial charge < -0.3 is 14.7 Å². The maximum Gasteiger partial charge on any atom is 0.241 e. The molecule has 1 aliphatic heterocycles. The molecule has 0 bridgehead atoms. The molecule has 0 aromatic heterocycles. The third-order valence-corrected chi connectivity index (χ3v) is 4.27. The second-order valence-corrected chi connectivity index (χ2v) is 6.52. The zero-order valence-electron chi connectivity index (χ0n) is 14.6. The summed E-state index contributed by atoms with van der Waals surface area (Å²) in [5, 5.41) is 9.63. The predicted molar refractivity (Wildman–Crippen MR) is 92.1 cm³/mol. The number of carbonyl (C=O) groups excluding carboxylic acids is 1. The van der Waals surface area contributed by atoms with E-state index in [0.29, 0.717) is 13.1 Å². The topological polar surface area (TPSA) is 53.0 Å². The summed E-state index contributed by atoms with van der Waals surface area (Å²) >= 11 is 0. The molecule has 1 atom stereocenters. The van der Waals surface area contributed by atoms with Gasteiger partial charge in [0.25, 0.3) is 0 Å². The average molecular weight is 320 g/mol. The number of benzene rings is 1. The number of carbonyl (C=O) groups is 1. The highest BCUT2D eigenvalue weighted by Crippen LogP contribution is 2.30. The zero-order valence-corrected chi connectivity index (χ0v) is 14.6. The Hall–Kier alpha value is -1.59. The number of fused-ring (bicyclic) bond motifs is 1. The number of ether oxygens (including phenoxy) is 1. The standard InChI is InChI=1S/C18H28N2O3/c1-13(2)19(11-14(3)21)12-18(22)20-9-5-6-15-10-16(23-4)7-8-17(15)20/h7-8,10,13-14,21H,5-6,9,11-12H2,1-4H3. The molecular formula is C18H28N2O3. The number of hydrogen-bond donors (Lipinski definition) is 1. The SMILES string of the molecule is COc1ccc2c(c1)CCCN2C(=O)CN(CC(C)O)C(C)C. The van der Waals surface area contributed by atoms with Crippen LogP contribution in [0, 0.1) is 0 Å². The molecule has 2 rings (SSSR count). The van der Waals surface area contributed by atoms with Crippen LogP contribution in [0.5, 0.6) is 5.75 Å². The zero-order chi connectivity index (χ0) is 17.0. The summed E-state index contributed by atoms with van der Waals surface area (Å²) in [5.41, 5.74) is 2.15. The van der Waals surface area contributed by atoms with Gasteiger partial charge in [-0.25, -0.2) is 0 Å². The molecule has 0 aliphatic carbocycles. The third kappa shape index (κ3) is 4.45. The average Bonchev–Trinajstić information content (AvgIpc) is 2.52. The molecule has 23 heavy (non-hydrogen) atoms. The van der Waals surface area contributed by atoms with E-state index in [-0.39, 0.29) is 11.9 Å². The Kier molecular flexibility index (Phi) is 6.02. The molecule has 128 valence electrons. The fraction of sp³-hybridized carbons (Fsp3) is 0.611. The van der Waals surface area contributed by atoms with Gasteiger partial charge >= 0.3 is 0 Å². The Balaban J connectivity index is 2.14. The number of amides is 1. The fourth-order valence-corrected chi connectivity index (χ4v) is 3.02. The largest absolute Gasteiger partial charge is 0.497 e. The lowest BCUT2D eigenvalue weighted by atomic mass is 10.0. The van der Waals surface area contributed by atoms with E-state index < -0.39 is 6.10 Å². The molecule has 1 aromatic carbocycles. The second kappa shape index (κ2) is 7.79. The Morgan fingerprint density at radius 3 is 2.74 bits per heavy atom. The van der Waals surface area contributed by atoms with Crippen molar-refractivity contribution in [3.8, 4) is 5.75 Å². The van der Waals surface area contributed by atoms with E-state index in [4.69, 9.17) is 4.74 Å². The number of anilines is 1. The van der Waals surface area contributed by atoms with Gasteiger partial charge in [-0.15, -0.1) is 0 Å². The van der Waals surface area contributed by atoms with Crippen LogP contribution in [-0.2, 0) is 11.2 Å². The summed E-state index contributed by atoms with van der Waals surface area (Å²) in [6, 6.07) is 6.11. The normalized spacial score (nSPS) is 15.7. The van der Waals surface area contributed by atoms with E-state index in [1.165, 1.54) is 0 Å². The van der Waals surface area contributed by atoms with Crippen LogP contribution < -0.4 is 9.64 Å². The lowest BCUT2D eigenvalue weighted by molar-refractivity contribution is -0.120. The van der Waals surface area contributed by atoms with Gasteiger partial charge in [0.1, 0.15) is 5.75 Å². The molecule has 1 aliphatic rings. The number of aryl methyl sites for hydroxylation is 1. The van der Waals surface area contributed by atoms with E-state index in [1.807, 2.05) is 41.8 Å². The van der Waals surface area contributed by atoms with Crippen molar-refractivity contribution in [2.24, 2.45) is 0 Å². The van der Waals surface area contributed by atoms with E-state index in [1.54, 1.807) is 14.0 Å². The minimum Gasteiger partial charge on any atom is -0.497 e. The van der Waals surface area contributed by atoms with Gasteiger partial charge in [-0.3, -0.25) is 9.69 Å². The van der Waals surface area contributed by atoms with Crippen LogP contribution in [0.3, 0.4) is 0 Å². The number of aliphatic hydroxyl groups is 1. The Bertz CT molecular complexity index is 543. The van der Waals surface area contributed by atoms with Crippen LogP contribution in [0.15, 0.2) is 18.2 Å². The third-order valence-electron chi connectivity index (χ3n) is 4.27. The van der Waals surface area contributed by atoms with Crippen molar-refractivity contribution in [3.63, 3.8) is 0 Å². The highest BCUT2D eigenvalue weighted by atomic mass is 16.5. The van der Waals surface area contributed by atoms with Crippen molar-refractivity contribution < 1.29 is 14.6 Å². The number of rotatable bonds is 6. The van der Waals surface area contributed by atoms with Gasteiger partial charge in [0.15, 0.2) is 0 Å². The van der Waals surface area contributed by atoms with Crippen molar-refractivity contribution in [2.45, 2.75) is 45.8 Å². The lowest BCUT2D eigenvalue weighted by Crippen LogP contribution is -2.46. The van der Waals surface area contributed by atoms with Crippen molar-refractivity contribution >= 4 is 11.6 Å². The first kappa shape index (κ1) is 17.8. The van der Waals surface area contributed by atoms with Gasteiger partial charge in [-0.05, 0) is 57.4 Å². The molecule has 0 spiro atoms. The van der Waals surface area contributed by atoms with Crippen molar-refractivity contribution in [2.75, 3.05) is 31.6 Å². The molecular weight excluding hydrogens is 292 g/mol. The lowest BCUT2D eigenvalue weighted by Gasteiger charge is -2.33. The first-order valence-electron chi connectivity index (χ1n) is 8.31. The summed E-state index contributed by atoms with van der Waals surface area (Å²) in [7, 11) is 1.66. The Morgan fingerprint density at radius 1 is 1.39 bits per heavy atom. The molecule has 5 nitrogen and oxygen atoms in total. The quantitative estimate of drug-likeness (QED) is 0.872. The van der Waals surface area contributed by atoms with E-state index >= 15 is 0 Å². The number of aliphatic hydroxyl groups excluding tert-OH is 1. The van der Waals surface area contributed by atoms with Gasteiger partial charge in [0, 0.05) is 24.8 Å². The summed E-state index contributed by atoms with van der Waals surface area (Å²) in [6.45, 7) is 7.43.